The fraction of sp³-hybridized carbons (Fsp3) is 0.174. The second-order valence-corrected chi connectivity index (χ2v) is 8.91. The van der Waals surface area contributed by atoms with Gasteiger partial charge in [0.05, 0.1) is 23.4 Å². The monoisotopic (exact) mass is 466 g/mol. The van der Waals surface area contributed by atoms with Crippen molar-refractivity contribution in [3.8, 4) is 0 Å². The second-order valence-electron chi connectivity index (χ2n) is 7.21. The summed E-state index contributed by atoms with van der Waals surface area (Å²) in [6.45, 7) is 0.0830. The first-order valence-corrected chi connectivity index (χ1v) is 11.0. The average molecular weight is 467 g/mol. The Balaban J connectivity index is 1.92. The first kappa shape index (κ1) is 23.9. The van der Waals surface area contributed by atoms with E-state index in [1.807, 2.05) is 0 Å². The number of aromatic nitrogens is 2. The summed E-state index contributed by atoms with van der Waals surface area (Å²) < 4.78 is 14.1. The van der Waals surface area contributed by atoms with Crippen molar-refractivity contribution in [3.63, 3.8) is 0 Å². The highest BCUT2D eigenvalue weighted by Gasteiger charge is 2.22. The van der Waals surface area contributed by atoms with Gasteiger partial charge in [0.2, 0.25) is 11.7 Å². The lowest BCUT2D eigenvalue weighted by atomic mass is 10.1. The van der Waals surface area contributed by atoms with Crippen molar-refractivity contribution in [3.05, 3.63) is 83.9 Å². The van der Waals surface area contributed by atoms with E-state index in [1.165, 1.54) is 33.7 Å². The Morgan fingerprint density at radius 3 is 2.24 bits per heavy atom. The van der Waals surface area contributed by atoms with Gasteiger partial charge in [0.15, 0.2) is 5.82 Å². The van der Waals surface area contributed by atoms with Crippen LogP contribution in [0.25, 0.3) is 0 Å². The van der Waals surface area contributed by atoms with E-state index in [0.717, 1.165) is 0 Å². The van der Waals surface area contributed by atoms with Crippen LogP contribution in [0, 0.1) is 0 Å². The van der Waals surface area contributed by atoms with Crippen LogP contribution in [0.1, 0.15) is 33.0 Å². The molecule has 170 valence electrons. The molecule has 0 saturated carbocycles. The largest absolute Gasteiger partial charge is 0.478 e. The summed E-state index contributed by atoms with van der Waals surface area (Å²) in [5.74, 6) is -2.14. The first-order chi connectivity index (χ1) is 15.8. The molecule has 0 spiro atoms. The van der Waals surface area contributed by atoms with Gasteiger partial charge < -0.3 is 10.0 Å². The van der Waals surface area contributed by atoms with Gasteiger partial charge in [-0.3, -0.25) is 9.59 Å². The van der Waals surface area contributed by atoms with Gasteiger partial charge in [-0.1, -0.05) is 18.2 Å². The predicted molar refractivity (Wildman–Crippen MR) is 122 cm³/mol. The molecule has 2 aromatic carbocycles. The zero-order chi connectivity index (χ0) is 24.0. The van der Waals surface area contributed by atoms with Crippen LogP contribution in [0.2, 0.25) is 0 Å². The Hall–Kier alpha value is -3.76. The molecule has 1 amide bonds. The highest BCUT2D eigenvalue weighted by molar-refractivity contribution is 7.82. The van der Waals surface area contributed by atoms with Gasteiger partial charge in [0, 0.05) is 18.1 Å². The zero-order valence-electron chi connectivity index (χ0n) is 18.0. The third-order valence-corrected chi connectivity index (χ3v) is 5.95. The number of nitrogens with zero attached hydrogens (tertiary/aromatic N) is 4. The minimum absolute atomic E-state index is 0.0564. The van der Waals surface area contributed by atoms with Crippen LogP contribution in [0.3, 0.4) is 0 Å². The fourth-order valence-corrected chi connectivity index (χ4v) is 3.82. The number of hydrogen-bond donors (Lipinski definition) is 1. The minimum Gasteiger partial charge on any atom is -0.478 e. The van der Waals surface area contributed by atoms with Crippen LogP contribution in [-0.4, -0.2) is 55.3 Å². The predicted octanol–water partition coefficient (Wildman–Crippen LogP) is 2.57. The van der Waals surface area contributed by atoms with Crippen molar-refractivity contribution < 1.29 is 23.7 Å². The van der Waals surface area contributed by atoms with Gasteiger partial charge in [0.1, 0.15) is 11.0 Å². The van der Waals surface area contributed by atoms with E-state index in [4.69, 9.17) is 5.11 Å². The molecule has 33 heavy (non-hydrogen) atoms. The number of carboxylic acid groups (broad SMARTS) is 1. The normalized spacial score (nSPS) is 11.7. The number of ketones is 1. The van der Waals surface area contributed by atoms with Gasteiger partial charge >= 0.3 is 5.97 Å². The Morgan fingerprint density at radius 2 is 1.64 bits per heavy atom. The summed E-state index contributed by atoms with van der Waals surface area (Å²) in [6, 6.07) is 14.4. The second kappa shape index (κ2) is 10.7. The SMILES string of the molecule is CN(C)S(=O)c1cccc(N(Cc2ccc(C(=O)O)cc2)C(=O)CC(=O)c2ncccn2)c1. The molecule has 3 rings (SSSR count). The average Bonchev–Trinajstić information content (AvgIpc) is 2.82. The number of amides is 1. The fourth-order valence-electron chi connectivity index (χ4n) is 2.98. The summed E-state index contributed by atoms with van der Waals surface area (Å²) in [5, 5.41) is 9.11. The summed E-state index contributed by atoms with van der Waals surface area (Å²) >= 11 is 0. The topological polar surface area (TPSA) is 121 Å². The molecule has 9 nitrogen and oxygen atoms in total. The lowest BCUT2D eigenvalue weighted by Crippen LogP contribution is -2.32. The van der Waals surface area contributed by atoms with Crippen LogP contribution >= 0.6 is 0 Å². The van der Waals surface area contributed by atoms with Crippen LogP contribution < -0.4 is 4.90 Å². The minimum atomic E-state index is -1.43. The molecule has 0 bridgehead atoms. The van der Waals surface area contributed by atoms with Gasteiger partial charge in [-0.15, -0.1) is 0 Å². The highest BCUT2D eigenvalue weighted by atomic mass is 32.2. The maximum absolute atomic E-state index is 13.2. The van der Waals surface area contributed by atoms with Crippen molar-refractivity contribution in [2.24, 2.45) is 0 Å². The molecule has 1 heterocycles. The number of Topliss-reactive ketones (excluding diaryl/α,β-unsaturated/α-hetero) is 1. The summed E-state index contributed by atoms with van der Waals surface area (Å²) in [6.07, 6.45) is 2.39. The molecule has 0 radical (unpaired) electrons. The van der Waals surface area contributed by atoms with E-state index in [9.17, 15) is 18.6 Å². The number of rotatable bonds is 9. The molecular formula is C23H22N4O5S. The number of hydrogen-bond acceptors (Lipinski definition) is 6. The Kier molecular flexibility index (Phi) is 7.75. The van der Waals surface area contributed by atoms with Crippen molar-refractivity contribution in [1.82, 2.24) is 14.3 Å². The Morgan fingerprint density at radius 1 is 0.970 bits per heavy atom. The number of carbonyl (C=O) groups is 3. The van der Waals surface area contributed by atoms with Gasteiger partial charge in [0.25, 0.3) is 0 Å². The summed E-state index contributed by atoms with van der Waals surface area (Å²) in [4.78, 5) is 46.5. The lowest BCUT2D eigenvalue weighted by Gasteiger charge is -2.24. The van der Waals surface area contributed by atoms with Crippen LogP contribution in [0.5, 0.6) is 0 Å². The molecule has 1 unspecified atom stereocenters. The zero-order valence-corrected chi connectivity index (χ0v) is 18.9. The third kappa shape index (κ3) is 6.15. The molecular weight excluding hydrogens is 444 g/mol. The maximum Gasteiger partial charge on any atom is 0.335 e. The quantitative estimate of drug-likeness (QED) is 0.380. The van der Waals surface area contributed by atoms with Gasteiger partial charge in [-0.05, 0) is 56.1 Å². The number of anilines is 1. The summed E-state index contributed by atoms with van der Waals surface area (Å²) in [5.41, 5.74) is 1.24. The third-order valence-electron chi connectivity index (χ3n) is 4.63. The Bertz CT molecular complexity index is 1180. The van der Waals surface area contributed by atoms with Crippen LogP contribution in [-0.2, 0) is 22.3 Å². The molecule has 1 aromatic heterocycles. The van der Waals surface area contributed by atoms with E-state index < -0.39 is 35.1 Å². The molecule has 3 aromatic rings. The number of benzene rings is 2. The highest BCUT2D eigenvalue weighted by Crippen LogP contribution is 2.23. The Labute approximate surface area is 193 Å². The van der Waals surface area contributed by atoms with E-state index in [0.29, 0.717) is 16.1 Å². The molecule has 0 aliphatic carbocycles. The van der Waals surface area contributed by atoms with Crippen molar-refractivity contribution in [2.45, 2.75) is 17.9 Å². The molecule has 0 fully saturated rings. The van der Waals surface area contributed by atoms with Crippen LogP contribution in [0.4, 0.5) is 5.69 Å². The number of carbonyl (C=O) groups excluding carboxylic acids is 2. The number of aromatic carboxylic acids is 1. The maximum atomic E-state index is 13.2. The van der Waals surface area contributed by atoms with E-state index in [1.54, 1.807) is 56.6 Å². The van der Waals surface area contributed by atoms with E-state index in [-0.39, 0.29) is 17.9 Å². The standard InChI is InChI=1S/C23H22N4O5S/c1-26(2)33(32)19-6-3-5-18(13-19)27(15-16-7-9-17(10-8-16)23(30)31)21(29)14-20(28)22-24-11-4-12-25-22/h3-13H,14-15H2,1-2H3,(H,30,31). The molecule has 1 atom stereocenters. The smallest absolute Gasteiger partial charge is 0.335 e. The van der Waals surface area contributed by atoms with E-state index in [2.05, 4.69) is 9.97 Å². The summed E-state index contributed by atoms with van der Waals surface area (Å²) in [7, 11) is 1.92. The lowest BCUT2D eigenvalue weighted by molar-refractivity contribution is -0.117. The van der Waals surface area contributed by atoms with Gasteiger partial charge in [-0.25, -0.2) is 23.3 Å². The van der Waals surface area contributed by atoms with Crippen molar-refractivity contribution >= 4 is 34.3 Å². The van der Waals surface area contributed by atoms with Crippen molar-refractivity contribution in [1.29, 1.82) is 0 Å². The molecule has 0 aliphatic rings. The first-order valence-electron chi connectivity index (χ1n) is 9.88. The van der Waals surface area contributed by atoms with E-state index >= 15 is 0 Å². The van der Waals surface area contributed by atoms with Crippen LogP contribution in [0.15, 0.2) is 71.9 Å². The van der Waals surface area contributed by atoms with Gasteiger partial charge in [-0.2, -0.15) is 0 Å². The molecule has 0 aliphatic heterocycles. The molecule has 10 heteroatoms. The molecule has 1 N–H and O–H groups in total. The number of carboxylic acids is 1. The van der Waals surface area contributed by atoms with Crippen molar-refractivity contribution in [2.75, 3.05) is 19.0 Å². The molecule has 0 saturated heterocycles.